The summed E-state index contributed by atoms with van der Waals surface area (Å²) < 4.78 is 0. The number of carbonyl (C=O) groups is 1. The van der Waals surface area contributed by atoms with Crippen LogP contribution >= 0.6 is 0 Å². The lowest BCUT2D eigenvalue weighted by molar-refractivity contribution is -0.117. The molecule has 0 saturated carbocycles. The minimum absolute atomic E-state index is 0.336. The number of hydrogen-bond donors (Lipinski definition) is 0. The van der Waals surface area contributed by atoms with Crippen LogP contribution in [0.2, 0.25) is 0 Å². The van der Waals surface area contributed by atoms with Crippen molar-refractivity contribution in [3.05, 3.63) is 0 Å². The van der Waals surface area contributed by atoms with Crippen molar-refractivity contribution in [3.8, 4) is 0 Å². The molecule has 0 heterocycles. The molecule has 0 spiro atoms. The Hall–Kier alpha value is -0.330. The highest BCUT2D eigenvalue weighted by molar-refractivity contribution is 5.75. The molecule has 1 atom stereocenters. The Bertz CT molecular complexity index is 161. The van der Waals surface area contributed by atoms with Gasteiger partial charge in [0.1, 0.15) is 5.78 Å². The normalized spacial score (nSPS) is 13.1. The number of ketones is 1. The molecular weight excluding hydrogens is 184 g/mol. The molecule has 0 bridgehead atoms. The van der Waals surface area contributed by atoms with Crippen LogP contribution in [0.3, 0.4) is 0 Å². The quantitative estimate of drug-likeness (QED) is 0.511. The lowest BCUT2D eigenvalue weighted by atomic mass is 9.95. The van der Waals surface area contributed by atoms with E-state index in [1.54, 1.807) is 6.92 Å². The average Bonchev–Trinajstić information content (AvgIpc) is 2.11. The third-order valence-electron chi connectivity index (χ3n) is 2.95. The van der Waals surface area contributed by atoms with Crippen molar-refractivity contribution in [1.29, 1.82) is 0 Å². The van der Waals surface area contributed by atoms with E-state index in [-0.39, 0.29) is 0 Å². The van der Waals surface area contributed by atoms with Gasteiger partial charge in [-0.2, -0.15) is 0 Å². The van der Waals surface area contributed by atoms with E-state index in [2.05, 4.69) is 20.8 Å². The van der Waals surface area contributed by atoms with Gasteiger partial charge in [-0.25, -0.2) is 0 Å². The fraction of sp³-hybridized carbons (Fsp3) is 0.929. The lowest BCUT2D eigenvalue weighted by Gasteiger charge is -2.11. The van der Waals surface area contributed by atoms with E-state index < -0.39 is 0 Å². The van der Waals surface area contributed by atoms with Gasteiger partial charge in [-0.15, -0.1) is 0 Å². The molecule has 90 valence electrons. The van der Waals surface area contributed by atoms with E-state index >= 15 is 0 Å². The van der Waals surface area contributed by atoms with Gasteiger partial charge in [0.05, 0.1) is 0 Å². The predicted molar refractivity (Wildman–Crippen MR) is 67.0 cm³/mol. The van der Waals surface area contributed by atoms with E-state index in [0.29, 0.717) is 5.78 Å². The van der Waals surface area contributed by atoms with Gasteiger partial charge in [0, 0.05) is 6.42 Å². The minimum Gasteiger partial charge on any atom is -0.300 e. The molecule has 1 nitrogen and oxygen atoms in total. The number of rotatable bonds is 9. The van der Waals surface area contributed by atoms with Crippen molar-refractivity contribution < 1.29 is 4.79 Å². The second-order valence-electron chi connectivity index (χ2n) is 5.38. The van der Waals surface area contributed by atoms with E-state index in [4.69, 9.17) is 0 Å². The predicted octanol–water partition coefficient (Wildman–Crippen LogP) is 4.60. The Labute approximate surface area is 95.6 Å². The molecule has 0 saturated heterocycles. The van der Waals surface area contributed by atoms with Crippen LogP contribution in [0.5, 0.6) is 0 Å². The first-order valence-corrected chi connectivity index (χ1v) is 6.51. The van der Waals surface area contributed by atoms with Crippen molar-refractivity contribution in [2.75, 3.05) is 0 Å². The molecule has 15 heavy (non-hydrogen) atoms. The Kier molecular flexibility index (Phi) is 8.74. The zero-order valence-corrected chi connectivity index (χ0v) is 11.0. The Morgan fingerprint density at radius 3 is 2.07 bits per heavy atom. The van der Waals surface area contributed by atoms with Crippen LogP contribution in [0.4, 0.5) is 0 Å². The molecule has 1 heteroatoms. The maximum atomic E-state index is 10.7. The summed E-state index contributed by atoms with van der Waals surface area (Å²) in [6, 6.07) is 0. The monoisotopic (exact) mass is 212 g/mol. The molecule has 0 amide bonds. The zero-order chi connectivity index (χ0) is 11.7. The van der Waals surface area contributed by atoms with Crippen LogP contribution in [0.25, 0.3) is 0 Å². The SMILES string of the molecule is CC(=O)CCCCC(C)CCCC(C)C. The zero-order valence-electron chi connectivity index (χ0n) is 11.0. The molecule has 0 aliphatic heterocycles. The van der Waals surface area contributed by atoms with Crippen LogP contribution in [0, 0.1) is 11.8 Å². The summed E-state index contributed by atoms with van der Waals surface area (Å²) in [5, 5.41) is 0. The molecule has 0 radical (unpaired) electrons. The Morgan fingerprint density at radius 2 is 1.53 bits per heavy atom. The largest absolute Gasteiger partial charge is 0.300 e. The van der Waals surface area contributed by atoms with Crippen LogP contribution in [0.15, 0.2) is 0 Å². The van der Waals surface area contributed by atoms with Crippen molar-refractivity contribution >= 4 is 5.78 Å². The van der Waals surface area contributed by atoms with Crippen LogP contribution in [-0.4, -0.2) is 5.78 Å². The second kappa shape index (κ2) is 8.94. The summed E-state index contributed by atoms with van der Waals surface area (Å²) in [7, 11) is 0. The van der Waals surface area contributed by atoms with E-state index in [0.717, 1.165) is 24.7 Å². The summed E-state index contributed by atoms with van der Waals surface area (Å²) in [6.45, 7) is 8.61. The Morgan fingerprint density at radius 1 is 0.933 bits per heavy atom. The molecule has 0 aliphatic rings. The molecule has 0 fully saturated rings. The maximum absolute atomic E-state index is 10.7. The lowest BCUT2D eigenvalue weighted by Crippen LogP contribution is -1.98. The highest BCUT2D eigenvalue weighted by atomic mass is 16.1. The van der Waals surface area contributed by atoms with Gasteiger partial charge >= 0.3 is 0 Å². The molecule has 0 N–H and O–H groups in total. The molecule has 0 aromatic carbocycles. The first-order valence-electron chi connectivity index (χ1n) is 6.51. The van der Waals surface area contributed by atoms with Crippen molar-refractivity contribution in [3.63, 3.8) is 0 Å². The molecule has 1 unspecified atom stereocenters. The van der Waals surface area contributed by atoms with E-state index in [1.165, 1.54) is 32.1 Å². The standard InChI is InChI=1S/C14H28O/c1-12(2)8-7-10-13(3)9-5-6-11-14(4)15/h12-13H,5-11H2,1-4H3. The van der Waals surface area contributed by atoms with Crippen molar-refractivity contribution in [2.45, 2.75) is 72.6 Å². The number of carbonyl (C=O) groups excluding carboxylic acids is 1. The number of Topliss-reactive ketones (excluding diaryl/α,β-unsaturated/α-hetero) is 1. The molecule has 0 aromatic heterocycles. The fourth-order valence-electron chi connectivity index (χ4n) is 1.89. The summed E-state index contributed by atoms with van der Waals surface area (Å²) in [6.07, 6.45) is 8.47. The van der Waals surface area contributed by atoms with Crippen LogP contribution < -0.4 is 0 Å². The first kappa shape index (κ1) is 14.7. The van der Waals surface area contributed by atoms with Crippen LogP contribution in [0.1, 0.15) is 72.6 Å². The third-order valence-corrected chi connectivity index (χ3v) is 2.95. The summed E-state index contributed by atoms with van der Waals surface area (Å²) in [4.78, 5) is 10.7. The van der Waals surface area contributed by atoms with Crippen LogP contribution in [-0.2, 0) is 4.79 Å². The van der Waals surface area contributed by atoms with E-state index in [9.17, 15) is 4.79 Å². The van der Waals surface area contributed by atoms with Gasteiger partial charge in [-0.1, -0.05) is 52.9 Å². The fourth-order valence-corrected chi connectivity index (χ4v) is 1.89. The maximum Gasteiger partial charge on any atom is 0.129 e. The molecule has 0 aliphatic carbocycles. The Balaban J connectivity index is 3.25. The highest BCUT2D eigenvalue weighted by Crippen LogP contribution is 2.17. The average molecular weight is 212 g/mol. The topological polar surface area (TPSA) is 17.1 Å². The number of unbranched alkanes of at least 4 members (excludes halogenated alkanes) is 1. The second-order valence-corrected chi connectivity index (χ2v) is 5.38. The molecular formula is C14H28O. The number of hydrogen-bond acceptors (Lipinski definition) is 1. The summed E-state index contributed by atoms with van der Waals surface area (Å²) in [5.41, 5.74) is 0. The van der Waals surface area contributed by atoms with E-state index in [1.807, 2.05) is 0 Å². The summed E-state index contributed by atoms with van der Waals surface area (Å²) >= 11 is 0. The van der Waals surface area contributed by atoms with Gasteiger partial charge in [0.25, 0.3) is 0 Å². The van der Waals surface area contributed by atoms with Gasteiger partial charge in [-0.05, 0) is 25.2 Å². The third kappa shape index (κ3) is 11.6. The molecule has 0 rings (SSSR count). The minimum atomic E-state index is 0.336. The smallest absolute Gasteiger partial charge is 0.129 e. The first-order chi connectivity index (χ1) is 7.02. The van der Waals surface area contributed by atoms with Gasteiger partial charge in [-0.3, -0.25) is 0 Å². The van der Waals surface area contributed by atoms with Gasteiger partial charge in [0.15, 0.2) is 0 Å². The van der Waals surface area contributed by atoms with Gasteiger partial charge < -0.3 is 4.79 Å². The molecule has 0 aromatic rings. The summed E-state index contributed by atoms with van der Waals surface area (Å²) in [5.74, 6) is 2.02. The highest BCUT2D eigenvalue weighted by Gasteiger charge is 2.03. The van der Waals surface area contributed by atoms with Gasteiger partial charge in [0.2, 0.25) is 0 Å². The van der Waals surface area contributed by atoms with Crippen molar-refractivity contribution in [1.82, 2.24) is 0 Å². The van der Waals surface area contributed by atoms with Crippen molar-refractivity contribution in [2.24, 2.45) is 11.8 Å².